The Morgan fingerprint density at radius 3 is 2.52 bits per heavy atom. The zero-order valence-electron chi connectivity index (χ0n) is 12.6. The van der Waals surface area contributed by atoms with E-state index in [0.29, 0.717) is 16.4 Å². The third-order valence-corrected chi connectivity index (χ3v) is 5.35. The fourth-order valence-corrected chi connectivity index (χ4v) is 3.61. The lowest BCUT2D eigenvalue weighted by Crippen LogP contribution is -2.00. The van der Waals surface area contributed by atoms with Gasteiger partial charge in [-0.25, -0.2) is 8.42 Å². The van der Waals surface area contributed by atoms with Crippen molar-refractivity contribution in [1.29, 1.82) is 0 Å². The number of nitro groups is 1. The minimum atomic E-state index is -3.49. The zero-order chi connectivity index (χ0) is 17.0. The zero-order valence-corrected chi connectivity index (χ0v) is 14.2. The van der Waals surface area contributed by atoms with Gasteiger partial charge in [0, 0.05) is 23.6 Å². The molecule has 0 saturated carbocycles. The highest BCUT2D eigenvalue weighted by atomic mass is 32.2. The van der Waals surface area contributed by atoms with Crippen molar-refractivity contribution in [2.24, 2.45) is 0 Å². The molecular formula is C15H15NO5S2. The highest BCUT2D eigenvalue weighted by Gasteiger charge is 2.19. The van der Waals surface area contributed by atoms with Crippen LogP contribution in [0.5, 0.6) is 5.75 Å². The summed E-state index contributed by atoms with van der Waals surface area (Å²) in [5.74, 6) is 1.18. The lowest BCUT2D eigenvalue weighted by molar-refractivity contribution is -0.388. The van der Waals surface area contributed by atoms with Crippen molar-refractivity contribution in [3.8, 4) is 5.75 Å². The van der Waals surface area contributed by atoms with E-state index in [0.717, 1.165) is 17.9 Å². The van der Waals surface area contributed by atoms with Gasteiger partial charge in [-0.1, -0.05) is 18.2 Å². The summed E-state index contributed by atoms with van der Waals surface area (Å²) in [6.45, 7) is 0. The average molecular weight is 353 g/mol. The van der Waals surface area contributed by atoms with Crippen molar-refractivity contribution in [3.63, 3.8) is 0 Å². The summed E-state index contributed by atoms with van der Waals surface area (Å²) >= 11 is 1.26. The molecule has 0 saturated heterocycles. The van der Waals surface area contributed by atoms with E-state index in [1.54, 1.807) is 7.11 Å². The number of thioether (sulfide) groups is 1. The molecule has 0 radical (unpaired) electrons. The molecule has 6 nitrogen and oxygen atoms in total. The number of rotatable bonds is 6. The summed E-state index contributed by atoms with van der Waals surface area (Å²) in [5, 5.41) is 11.2. The summed E-state index contributed by atoms with van der Waals surface area (Å²) in [5.41, 5.74) is 0.689. The predicted molar refractivity (Wildman–Crippen MR) is 88.8 cm³/mol. The first-order valence-electron chi connectivity index (χ1n) is 6.56. The van der Waals surface area contributed by atoms with E-state index in [-0.39, 0.29) is 10.6 Å². The molecule has 0 unspecified atom stereocenters. The van der Waals surface area contributed by atoms with Crippen molar-refractivity contribution in [2.75, 3.05) is 13.4 Å². The highest BCUT2D eigenvalue weighted by Crippen LogP contribution is 2.35. The third kappa shape index (κ3) is 4.23. The van der Waals surface area contributed by atoms with Gasteiger partial charge in [-0.05, 0) is 18.2 Å². The van der Waals surface area contributed by atoms with Crippen molar-refractivity contribution in [1.82, 2.24) is 0 Å². The molecular weight excluding hydrogens is 338 g/mol. The Labute approximate surface area is 138 Å². The largest absolute Gasteiger partial charge is 0.496 e. The van der Waals surface area contributed by atoms with Crippen LogP contribution < -0.4 is 4.74 Å². The summed E-state index contributed by atoms with van der Waals surface area (Å²) in [7, 11) is -1.92. The molecule has 0 N–H and O–H groups in total. The Morgan fingerprint density at radius 1 is 1.22 bits per heavy atom. The summed E-state index contributed by atoms with van der Waals surface area (Å²) in [6.07, 6.45) is 1.02. The van der Waals surface area contributed by atoms with E-state index in [9.17, 15) is 18.5 Å². The molecule has 0 atom stereocenters. The van der Waals surface area contributed by atoms with Crippen molar-refractivity contribution in [2.45, 2.75) is 15.5 Å². The number of nitrogens with zero attached hydrogens (tertiary/aromatic N) is 1. The van der Waals surface area contributed by atoms with Crippen molar-refractivity contribution in [3.05, 3.63) is 58.1 Å². The molecule has 0 aromatic heterocycles. The number of sulfone groups is 1. The normalized spacial score (nSPS) is 11.2. The first-order chi connectivity index (χ1) is 10.8. The van der Waals surface area contributed by atoms with Crippen LogP contribution >= 0.6 is 11.8 Å². The van der Waals surface area contributed by atoms with Crippen molar-refractivity contribution >= 4 is 27.3 Å². The number of ether oxygens (including phenoxy) is 1. The number of methoxy groups -OCH3 is 1. The Hall–Kier alpha value is -2.06. The Kier molecular flexibility index (Phi) is 5.27. The van der Waals surface area contributed by atoms with Crippen molar-refractivity contribution < 1.29 is 18.1 Å². The molecule has 0 aliphatic carbocycles. The van der Waals surface area contributed by atoms with Crippen LogP contribution in [0.2, 0.25) is 0 Å². The lowest BCUT2D eigenvalue weighted by atomic mass is 10.2. The Bertz CT molecular complexity index is 834. The molecule has 0 fully saturated rings. The van der Waals surface area contributed by atoms with E-state index in [4.69, 9.17) is 4.74 Å². The molecule has 122 valence electrons. The second-order valence-electron chi connectivity index (χ2n) is 4.76. The van der Waals surface area contributed by atoms with E-state index in [1.807, 2.05) is 24.3 Å². The Balaban J connectivity index is 2.31. The Morgan fingerprint density at radius 2 is 1.91 bits per heavy atom. The first kappa shape index (κ1) is 17.3. The van der Waals surface area contributed by atoms with E-state index < -0.39 is 14.8 Å². The molecule has 0 aliphatic rings. The van der Waals surface area contributed by atoms with Crippen LogP contribution in [0, 0.1) is 10.1 Å². The quantitative estimate of drug-likeness (QED) is 0.450. The SMILES string of the molecule is COc1ccccc1CSc1ccc(S(C)(=O)=O)cc1[N+](=O)[O-]. The van der Waals surface area contributed by atoms with Gasteiger partial charge < -0.3 is 4.74 Å². The summed E-state index contributed by atoms with van der Waals surface area (Å²) in [4.78, 5) is 11.0. The van der Waals surface area contributed by atoms with Gasteiger partial charge in [0.2, 0.25) is 0 Å². The molecule has 0 spiro atoms. The van der Waals surface area contributed by atoms with Crippen LogP contribution in [0.4, 0.5) is 5.69 Å². The third-order valence-electron chi connectivity index (χ3n) is 3.13. The lowest BCUT2D eigenvalue weighted by Gasteiger charge is -2.08. The standard InChI is InChI=1S/C15H15NO5S2/c1-21-14-6-4-3-5-11(14)10-22-15-8-7-12(23(2,19)20)9-13(15)16(17)18/h3-9H,10H2,1-2H3. The number of nitro benzene ring substituents is 1. The van der Waals surface area contributed by atoms with Gasteiger partial charge in [0.05, 0.1) is 21.8 Å². The summed E-state index contributed by atoms with van der Waals surface area (Å²) < 4.78 is 28.3. The van der Waals surface area contributed by atoms with Crippen LogP contribution in [0.1, 0.15) is 5.56 Å². The maximum atomic E-state index is 11.5. The smallest absolute Gasteiger partial charge is 0.284 e. The second-order valence-corrected chi connectivity index (χ2v) is 7.79. The van der Waals surface area contributed by atoms with Crippen LogP contribution in [0.15, 0.2) is 52.3 Å². The minimum Gasteiger partial charge on any atom is -0.496 e. The molecule has 0 heterocycles. The maximum Gasteiger partial charge on any atom is 0.284 e. The number of hydrogen-bond donors (Lipinski definition) is 0. The van der Waals surface area contributed by atoms with Crippen LogP contribution in [0.25, 0.3) is 0 Å². The number of benzene rings is 2. The van der Waals surface area contributed by atoms with Crippen LogP contribution in [-0.2, 0) is 15.6 Å². The second kappa shape index (κ2) is 7.01. The average Bonchev–Trinajstić information content (AvgIpc) is 2.52. The van der Waals surface area contributed by atoms with Crippen LogP contribution in [0.3, 0.4) is 0 Å². The fraction of sp³-hybridized carbons (Fsp3) is 0.200. The van der Waals surface area contributed by atoms with E-state index in [1.165, 1.54) is 23.9 Å². The van der Waals surface area contributed by atoms with Gasteiger partial charge in [0.25, 0.3) is 5.69 Å². The van der Waals surface area contributed by atoms with Gasteiger partial charge in [0.15, 0.2) is 9.84 Å². The predicted octanol–water partition coefficient (Wildman–Crippen LogP) is 3.30. The molecule has 2 aromatic carbocycles. The number of para-hydroxylation sites is 1. The fourth-order valence-electron chi connectivity index (χ4n) is 1.97. The molecule has 23 heavy (non-hydrogen) atoms. The number of hydrogen-bond acceptors (Lipinski definition) is 6. The minimum absolute atomic E-state index is 0.0640. The van der Waals surface area contributed by atoms with Crippen LogP contribution in [-0.4, -0.2) is 26.7 Å². The van der Waals surface area contributed by atoms with Gasteiger partial charge in [0.1, 0.15) is 5.75 Å². The maximum absolute atomic E-state index is 11.5. The molecule has 0 amide bonds. The molecule has 2 rings (SSSR count). The molecule has 0 bridgehead atoms. The summed E-state index contributed by atoms with van der Waals surface area (Å²) in [6, 6.07) is 11.3. The molecule has 2 aromatic rings. The van der Waals surface area contributed by atoms with E-state index >= 15 is 0 Å². The van der Waals surface area contributed by atoms with Gasteiger partial charge in [-0.2, -0.15) is 0 Å². The first-order valence-corrected chi connectivity index (χ1v) is 9.44. The van der Waals surface area contributed by atoms with Gasteiger partial charge in [-0.15, -0.1) is 11.8 Å². The molecule has 8 heteroatoms. The topological polar surface area (TPSA) is 86.5 Å². The van der Waals surface area contributed by atoms with Gasteiger partial charge >= 0.3 is 0 Å². The monoisotopic (exact) mass is 353 g/mol. The van der Waals surface area contributed by atoms with Gasteiger partial charge in [-0.3, -0.25) is 10.1 Å². The highest BCUT2D eigenvalue weighted by molar-refractivity contribution is 7.98. The van der Waals surface area contributed by atoms with E-state index in [2.05, 4.69) is 0 Å². The molecule has 0 aliphatic heterocycles.